The molecule has 0 bridgehead atoms. The number of carbonyl (C=O) groups is 1. The zero-order valence-electron chi connectivity index (χ0n) is 11.3. The van der Waals surface area contributed by atoms with Gasteiger partial charge in [0.05, 0.1) is 21.8 Å². The number of hydrogen-bond acceptors (Lipinski definition) is 3. The molecule has 1 rings (SSSR count). The molecular formula is C12H17Cl2N3O2. The van der Waals surface area contributed by atoms with Crippen LogP contribution in [0.1, 0.15) is 13.8 Å². The van der Waals surface area contributed by atoms with Crippen molar-refractivity contribution in [2.75, 3.05) is 19.1 Å². The number of carbonyl (C=O) groups excluding carboxylic acids is 1. The highest BCUT2D eigenvalue weighted by Crippen LogP contribution is 2.36. The van der Waals surface area contributed by atoms with E-state index in [1.807, 2.05) is 13.8 Å². The molecule has 1 aromatic rings. The van der Waals surface area contributed by atoms with Crippen molar-refractivity contribution >= 4 is 34.9 Å². The predicted octanol–water partition coefficient (Wildman–Crippen LogP) is 3.14. The molecule has 1 aromatic carbocycles. The summed E-state index contributed by atoms with van der Waals surface area (Å²) in [4.78, 5) is 13.1. The first kappa shape index (κ1) is 15.9. The van der Waals surface area contributed by atoms with E-state index in [2.05, 4.69) is 0 Å². The summed E-state index contributed by atoms with van der Waals surface area (Å²) in [6, 6.07) is 2.64. The summed E-state index contributed by atoms with van der Waals surface area (Å²) < 4.78 is 5.53. The van der Waals surface area contributed by atoms with Crippen molar-refractivity contribution in [2.45, 2.75) is 20.0 Å². The van der Waals surface area contributed by atoms with E-state index >= 15 is 0 Å². The summed E-state index contributed by atoms with van der Waals surface area (Å²) in [5, 5.41) is 1.60. The molecule has 0 atom stereocenters. The molecule has 0 radical (unpaired) electrons. The third kappa shape index (κ3) is 3.89. The molecule has 0 unspecified atom stereocenters. The van der Waals surface area contributed by atoms with Crippen LogP contribution in [-0.4, -0.2) is 31.1 Å². The lowest BCUT2D eigenvalue weighted by Gasteiger charge is -2.23. The van der Waals surface area contributed by atoms with Crippen LogP contribution in [0.15, 0.2) is 12.1 Å². The van der Waals surface area contributed by atoms with Crippen LogP contribution in [0.3, 0.4) is 0 Å². The van der Waals surface area contributed by atoms with Gasteiger partial charge in [0.2, 0.25) is 0 Å². The summed E-state index contributed by atoms with van der Waals surface area (Å²) in [5.41, 5.74) is 0.334. The fourth-order valence-electron chi connectivity index (χ4n) is 1.37. The SMILES string of the molecule is CC(C)Oc1cc(N(N)C(=O)N(C)C)c(Cl)cc1Cl. The largest absolute Gasteiger partial charge is 0.489 e. The smallest absolute Gasteiger partial charge is 0.338 e. The van der Waals surface area contributed by atoms with Crippen molar-refractivity contribution in [3.63, 3.8) is 0 Å². The van der Waals surface area contributed by atoms with Crippen LogP contribution in [0.5, 0.6) is 5.75 Å². The van der Waals surface area contributed by atoms with Crippen LogP contribution in [0, 0.1) is 0 Å². The number of anilines is 1. The molecule has 0 aliphatic rings. The maximum absolute atomic E-state index is 11.8. The van der Waals surface area contributed by atoms with Crippen LogP contribution in [0.25, 0.3) is 0 Å². The Morgan fingerprint density at radius 1 is 1.26 bits per heavy atom. The molecule has 0 aliphatic heterocycles. The van der Waals surface area contributed by atoms with Crippen molar-refractivity contribution < 1.29 is 9.53 Å². The fraction of sp³-hybridized carbons (Fsp3) is 0.417. The molecule has 0 saturated heterocycles. The summed E-state index contributed by atoms with van der Waals surface area (Å²) in [6.45, 7) is 3.74. The van der Waals surface area contributed by atoms with Gasteiger partial charge in [0.1, 0.15) is 5.75 Å². The number of rotatable bonds is 3. The van der Waals surface area contributed by atoms with Crippen LogP contribution < -0.4 is 15.6 Å². The minimum atomic E-state index is -0.403. The molecule has 0 heterocycles. The van der Waals surface area contributed by atoms with Crippen molar-refractivity contribution in [2.24, 2.45) is 5.84 Å². The van der Waals surface area contributed by atoms with E-state index in [0.29, 0.717) is 16.5 Å². The van der Waals surface area contributed by atoms with E-state index in [9.17, 15) is 4.79 Å². The zero-order valence-corrected chi connectivity index (χ0v) is 12.8. The number of urea groups is 1. The lowest BCUT2D eigenvalue weighted by molar-refractivity contribution is 0.224. The quantitative estimate of drug-likeness (QED) is 0.530. The van der Waals surface area contributed by atoms with Gasteiger partial charge in [-0.25, -0.2) is 15.6 Å². The number of amides is 2. The predicted molar refractivity (Wildman–Crippen MR) is 78.0 cm³/mol. The van der Waals surface area contributed by atoms with Crippen LogP contribution in [-0.2, 0) is 0 Å². The first-order chi connectivity index (χ1) is 8.73. The Labute approximate surface area is 122 Å². The number of nitrogens with zero attached hydrogens (tertiary/aromatic N) is 2. The maximum Gasteiger partial charge on any atom is 0.338 e. The van der Waals surface area contributed by atoms with Gasteiger partial charge in [0.15, 0.2) is 0 Å². The van der Waals surface area contributed by atoms with Gasteiger partial charge in [0, 0.05) is 20.2 Å². The molecule has 2 amide bonds. The van der Waals surface area contributed by atoms with Crippen LogP contribution in [0.4, 0.5) is 10.5 Å². The van der Waals surface area contributed by atoms with E-state index in [1.54, 1.807) is 20.2 Å². The van der Waals surface area contributed by atoms with Crippen molar-refractivity contribution in [3.05, 3.63) is 22.2 Å². The standard InChI is InChI=1S/C12H17Cl2N3O2/c1-7(2)19-11-6-10(8(13)5-9(11)14)17(15)12(18)16(3)4/h5-7H,15H2,1-4H3. The summed E-state index contributed by atoms with van der Waals surface area (Å²) in [7, 11) is 3.19. The molecule has 0 aromatic heterocycles. The number of hydrogen-bond donors (Lipinski definition) is 1. The molecular weight excluding hydrogens is 289 g/mol. The minimum Gasteiger partial charge on any atom is -0.489 e. The molecule has 0 fully saturated rings. The molecule has 0 saturated carbocycles. The first-order valence-corrected chi connectivity index (χ1v) is 6.41. The Morgan fingerprint density at radius 2 is 1.84 bits per heavy atom. The second kappa shape index (κ2) is 6.32. The fourth-order valence-corrected chi connectivity index (χ4v) is 1.88. The average Bonchev–Trinajstić information content (AvgIpc) is 2.30. The first-order valence-electron chi connectivity index (χ1n) is 5.65. The van der Waals surface area contributed by atoms with Gasteiger partial charge >= 0.3 is 6.03 Å². The maximum atomic E-state index is 11.8. The van der Waals surface area contributed by atoms with Gasteiger partial charge in [-0.2, -0.15) is 0 Å². The number of halogens is 2. The van der Waals surface area contributed by atoms with Crippen molar-refractivity contribution in [1.82, 2.24) is 4.90 Å². The molecule has 19 heavy (non-hydrogen) atoms. The van der Waals surface area contributed by atoms with E-state index in [-0.39, 0.29) is 11.1 Å². The number of benzene rings is 1. The number of nitrogens with two attached hydrogens (primary N) is 1. The Morgan fingerprint density at radius 3 is 2.32 bits per heavy atom. The number of ether oxygens (including phenoxy) is 1. The molecule has 2 N–H and O–H groups in total. The second-order valence-electron chi connectivity index (χ2n) is 4.45. The van der Waals surface area contributed by atoms with Gasteiger partial charge in [0.25, 0.3) is 0 Å². The van der Waals surface area contributed by atoms with Gasteiger partial charge in [-0.3, -0.25) is 0 Å². The summed E-state index contributed by atoms with van der Waals surface area (Å²) in [6.07, 6.45) is -0.0534. The van der Waals surface area contributed by atoms with E-state index in [4.69, 9.17) is 33.8 Å². The highest BCUT2D eigenvalue weighted by molar-refractivity contribution is 6.37. The molecule has 106 valence electrons. The lowest BCUT2D eigenvalue weighted by Crippen LogP contribution is -2.44. The third-order valence-electron chi connectivity index (χ3n) is 2.21. The van der Waals surface area contributed by atoms with E-state index in [0.717, 1.165) is 5.01 Å². The normalized spacial score (nSPS) is 10.5. The summed E-state index contributed by atoms with van der Waals surface area (Å²) >= 11 is 12.1. The molecule has 7 heteroatoms. The molecule has 5 nitrogen and oxygen atoms in total. The van der Waals surface area contributed by atoms with Crippen LogP contribution >= 0.6 is 23.2 Å². The second-order valence-corrected chi connectivity index (χ2v) is 5.26. The molecule has 0 aliphatic carbocycles. The molecule has 0 spiro atoms. The highest BCUT2D eigenvalue weighted by atomic mass is 35.5. The topological polar surface area (TPSA) is 58.8 Å². The van der Waals surface area contributed by atoms with Crippen LogP contribution in [0.2, 0.25) is 10.0 Å². The Balaban J connectivity index is 3.17. The average molecular weight is 306 g/mol. The Bertz CT molecular complexity index is 478. The van der Waals surface area contributed by atoms with Gasteiger partial charge in [-0.15, -0.1) is 0 Å². The lowest BCUT2D eigenvalue weighted by atomic mass is 10.3. The van der Waals surface area contributed by atoms with Crippen molar-refractivity contribution in [1.29, 1.82) is 0 Å². The van der Waals surface area contributed by atoms with Gasteiger partial charge in [-0.05, 0) is 19.9 Å². The highest BCUT2D eigenvalue weighted by Gasteiger charge is 2.19. The third-order valence-corrected chi connectivity index (χ3v) is 2.81. The van der Waals surface area contributed by atoms with Gasteiger partial charge in [-0.1, -0.05) is 23.2 Å². The monoisotopic (exact) mass is 305 g/mol. The van der Waals surface area contributed by atoms with Crippen molar-refractivity contribution in [3.8, 4) is 5.75 Å². The van der Waals surface area contributed by atoms with Gasteiger partial charge < -0.3 is 9.64 Å². The zero-order chi connectivity index (χ0) is 14.7. The van der Waals surface area contributed by atoms with E-state index < -0.39 is 6.03 Å². The number of hydrazine groups is 1. The Kier molecular flexibility index (Phi) is 5.29. The summed E-state index contributed by atoms with van der Waals surface area (Å²) in [5.74, 6) is 6.18. The Hall–Kier alpha value is -1.17. The minimum absolute atomic E-state index is 0.0534. The van der Waals surface area contributed by atoms with E-state index in [1.165, 1.54) is 11.0 Å².